The number of anilines is 1. The van der Waals surface area contributed by atoms with Crippen LogP contribution < -0.4 is 4.90 Å². The van der Waals surface area contributed by atoms with Crippen molar-refractivity contribution in [2.75, 3.05) is 11.4 Å². The molecule has 0 aliphatic carbocycles. The molecule has 2 aromatic heterocycles. The van der Waals surface area contributed by atoms with Gasteiger partial charge in [-0.2, -0.15) is 5.10 Å². The van der Waals surface area contributed by atoms with E-state index in [0.29, 0.717) is 6.42 Å². The monoisotopic (exact) mass is 340 g/mol. The van der Waals surface area contributed by atoms with Crippen LogP contribution in [0.3, 0.4) is 0 Å². The number of aliphatic hydroxyl groups excluding tert-OH is 1. The molecule has 25 heavy (non-hydrogen) atoms. The number of aryl methyl sites for hydroxylation is 1. The molecule has 1 aliphatic heterocycles. The van der Waals surface area contributed by atoms with Crippen molar-refractivity contribution < 1.29 is 9.50 Å². The van der Waals surface area contributed by atoms with Crippen LogP contribution in [-0.2, 0) is 0 Å². The number of hydrogen-bond donors (Lipinski definition) is 1. The Morgan fingerprint density at radius 1 is 1.32 bits per heavy atom. The van der Waals surface area contributed by atoms with Crippen LogP contribution in [0.25, 0.3) is 5.52 Å². The minimum absolute atomic E-state index is 0.203. The fraction of sp³-hybridized carbons (Fsp3) is 0.368. The van der Waals surface area contributed by atoms with Crippen LogP contribution >= 0.6 is 0 Å². The fourth-order valence-electron chi connectivity index (χ4n) is 3.69. The summed E-state index contributed by atoms with van der Waals surface area (Å²) in [6.45, 7) is 2.88. The van der Waals surface area contributed by atoms with Crippen molar-refractivity contribution in [2.24, 2.45) is 0 Å². The van der Waals surface area contributed by atoms with Crippen LogP contribution in [-0.4, -0.2) is 32.3 Å². The summed E-state index contributed by atoms with van der Waals surface area (Å²) in [5.74, 6) is 0.627. The molecule has 1 saturated heterocycles. The molecule has 1 fully saturated rings. The highest BCUT2D eigenvalue weighted by Crippen LogP contribution is 2.32. The zero-order chi connectivity index (χ0) is 17.4. The van der Waals surface area contributed by atoms with E-state index in [1.54, 1.807) is 18.3 Å². The number of halogens is 1. The summed E-state index contributed by atoms with van der Waals surface area (Å²) in [6.07, 6.45) is 5.68. The first-order chi connectivity index (χ1) is 12.1. The normalized spacial score (nSPS) is 18.8. The molecule has 0 spiro atoms. The molecule has 0 bridgehead atoms. The smallest absolute Gasteiger partial charge is 0.154 e. The summed E-state index contributed by atoms with van der Waals surface area (Å²) in [5, 5.41) is 15.0. The summed E-state index contributed by atoms with van der Waals surface area (Å²) in [6, 6.07) is 8.32. The Hall–Kier alpha value is -2.47. The molecular weight excluding hydrogens is 319 g/mol. The van der Waals surface area contributed by atoms with E-state index in [1.165, 1.54) is 12.1 Å². The largest absolute Gasteiger partial charge is 0.388 e. The zero-order valence-corrected chi connectivity index (χ0v) is 14.1. The maximum atomic E-state index is 13.1. The van der Waals surface area contributed by atoms with E-state index in [2.05, 4.69) is 15.0 Å². The molecule has 2 atom stereocenters. The van der Waals surface area contributed by atoms with Crippen molar-refractivity contribution in [3.05, 3.63) is 59.8 Å². The summed E-state index contributed by atoms with van der Waals surface area (Å²) < 4.78 is 14.9. The van der Waals surface area contributed by atoms with Gasteiger partial charge in [-0.3, -0.25) is 0 Å². The van der Waals surface area contributed by atoms with Crippen LogP contribution in [0, 0.1) is 12.7 Å². The average Bonchev–Trinajstić information content (AvgIpc) is 3.20. The van der Waals surface area contributed by atoms with Gasteiger partial charge in [-0.1, -0.05) is 12.1 Å². The first-order valence-electron chi connectivity index (χ1n) is 8.63. The molecule has 0 saturated carbocycles. The van der Waals surface area contributed by atoms with Crippen LogP contribution in [0.5, 0.6) is 0 Å². The van der Waals surface area contributed by atoms with E-state index in [4.69, 9.17) is 0 Å². The van der Waals surface area contributed by atoms with Gasteiger partial charge in [0, 0.05) is 25.0 Å². The quantitative estimate of drug-likeness (QED) is 0.792. The van der Waals surface area contributed by atoms with Crippen LogP contribution in [0.1, 0.15) is 36.6 Å². The lowest BCUT2D eigenvalue weighted by molar-refractivity contribution is 0.158. The minimum Gasteiger partial charge on any atom is -0.388 e. The summed E-state index contributed by atoms with van der Waals surface area (Å²) in [7, 11) is 0. The molecule has 6 heteroatoms. The van der Waals surface area contributed by atoms with Crippen molar-refractivity contribution >= 4 is 11.3 Å². The highest BCUT2D eigenvalue weighted by molar-refractivity contribution is 5.69. The van der Waals surface area contributed by atoms with Gasteiger partial charge in [0.2, 0.25) is 0 Å². The molecule has 5 nitrogen and oxygen atoms in total. The molecule has 1 aromatic carbocycles. The molecule has 4 rings (SSSR count). The Morgan fingerprint density at radius 3 is 2.92 bits per heavy atom. The van der Waals surface area contributed by atoms with E-state index >= 15 is 0 Å². The topological polar surface area (TPSA) is 53.7 Å². The Kier molecular flexibility index (Phi) is 4.13. The SMILES string of the molecule is Cc1cc2c(N3CCC[C@@H]3C[C@H](O)c3ccc(F)cc3)nccn2n1. The summed E-state index contributed by atoms with van der Waals surface area (Å²) in [4.78, 5) is 6.85. The molecule has 3 heterocycles. The molecule has 130 valence electrons. The van der Waals surface area contributed by atoms with Gasteiger partial charge in [-0.25, -0.2) is 13.9 Å². The molecule has 1 N–H and O–H groups in total. The van der Waals surface area contributed by atoms with Crippen molar-refractivity contribution in [1.82, 2.24) is 14.6 Å². The Morgan fingerprint density at radius 2 is 2.12 bits per heavy atom. The molecule has 1 aliphatic rings. The maximum Gasteiger partial charge on any atom is 0.154 e. The van der Waals surface area contributed by atoms with E-state index in [-0.39, 0.29) is 11.9 Å². The molecule has 3 aromatic rings. The minimum atomic E-state index is -0.613. The number of aliphatic hydroxyl groups is 1. The second-order valence-electron chi connectivity index (χ2n) is 6.66. The number of hydrogen-bond acceptors (Lipinski definition) is 4. The first-order valence-corrected chi connectivity index (χ1v) is 8.63. The molecule has 0 radical (unpaired) electrons. The Balaban J connectivity index is 1.58. The van der Waals surface area contributed by atoms with Crippen molar-refractivity contribution in [3.8, 4) is 0 Å². The number of aromatic nitrogens is 3. The second kappa shape index (κ2) is 6.44. The van der Waals surface area contributed by atoms with E-state index in [1.807, 2.05) is 23.7 Å². The van der Waals surface area contributed by atoms with Crippen molar-refractivity contribution in [2.45, 2.75) is 38.3 Å². The Labute approximate surface area is 145 Å². The van der Waals surface area contributed by atoms with Crippen molar-refractivity contribution in [1.29, 1.82) is 0 Å². The number of benzene rings is 1. The second-order valence-corrected chi connectivity index (χ2v) is 6.66. The van der Waals surface area contributed by atoms with Crippen LogP contribution in [0.4, 0.5) is 10.2 Å². The predicted molar refractivity (Wildman–Crippen MR) is 94.1 cm³/mol. The van der Waals surface area contributed by atoms with Gasteiger partial charge >= 0.3 is 0 Å². The van der Waals surface area contributed by atoms with Gasteiger partial charge in [-0.05, 0) is 49.9 Å². The highest BCUT2D eigenvalue weighted by Gasteiger charge is 2.29. The predicted octanol–water partition coefficient (Wildman–Crippen LogP) is 3.27. The zero-order valence-electron chi connectivity index (χ0n) is 14.1. The third-order valence-corrected chi connectivity index (χ3v) is 4.89. The number of fused-ring (bicyclic) bond motifs is 1. The third-order valence-electron chi connectivity index (χ3n) is 4.89. The average molecular weight is 340 g/mol. The number of rotatable bonds is 4. The molecule has 0 amide bonds. The van der Waals surface area contributed by atoms with Crippen LogP contribution in [0.15, 0.2) is 42.7 Å². The van der Waals surface area contributed by atoms with Gasteiger partial charge in [0.05, 0.1) is 11.8 Å². The third kappa shape index (κ3) is 3.09. The van der Waals surface area contributed by atoms with E-state index < -0.39 is 6.10 Å². The number of nitrogens with zero attached hydrogens (tertiary/aromatic N) is 4. The lowest BCUT2D eigenvalue weighted by atomic mass is 10.0. The summed E-state index contributed by atoms with van der Waals surface area (Å²) in [5.41, 5.74) is 2.69. The maximum absolute atomic E-state index is 13.1. The Bertz CT molecular complexity index is 877. The van der Waals surface area contributed by atoms with Gasteiger partial charge in [-0.15, -0.1) is 0 Å². The van der Waals surface area contributed by atoms with Gasteiger partial charge < -0.3 is 10.0 Å². The lowest BCUT2D eigenvalue weighted by Gasteiger charge is -2.28. The standard InChI is InChI=1S/C19H21FN4O/c1-13-11-17-19(21-8-10-24(17)22-13)23-9-2-3-16(23)12-18(25)14-4-6-15(20)7-5-14/h4-8,10-11,16,18,25H,2-3,9,12H2,1H3/t16-,18+/m1/s1. The van der Waals surface area contributed by atoms with E-state index in [0.717, 1.165) is 42.0 Å². The highest BCUT2D eigenvalue weighted by atomic mass is 19.1. The van der Waals surface area contributed by atoms with Crippen LogP contribution in [0.2, 0.25) is 0 Å². The van der Waals surface area contributed by atoms with Gasteiger partial charge in [0.1, 0.15) is 11.3 Å². The fourth-order valence-corrected chi connectivity index (χ4v) is 3.69. The van der Waals surface area contributed by atoms with Gasteiger partial charge in [0.15, 0.2) is 5.82 Å². The molecule has 0 unspecified atom stereocenters. The molecular formula is C19H21FN4O. The van der Waals surface area contributed by atoms with Crippen molar-refractivity contribution in [3.63, 3.8) is 0 Å². The summed E-state index contributed by atoms with van der Waals surface area (Å²) >= 11 is 0. The lowest BCUT2D eigenvalue weighted by Crippen LogP contribution is -2.31. The van der Waals surface area contributed by atoms with E-state index in [9.17, 15) is 9.50 Å². The first kappa shape index (κ1) is 16.0. The van der Waals surface area contributed by atoms with Gasteiger partial charge in [0.25, 0.3) is 0 Å².